The van der Waals surface area contributed by atoms with Crippen LogP contribution in [0.5, 0.6) is 5.75 Å². The number of rotatable bonds is 5. The Labute approximate surface area is 136 Å². The zero-order valence-corrected chi connectivity index (χ0v) is 13.5. The van der Waals surface area contributed by atoms with Crippen molar-refractivity contribution in [2.45, 2.75) is 25.7 Å². The predicted octanol–water partition coefficient (Wildman–Crippen LogP) is 2.85. The molecule has 1 aliphatic heterocycles. The van der Waals surface area contributed by atoms with Crippen molar-refractivity contribution in [1.29, 1.82) is 5.26 Å². The molecule has 1 N–H and O–H groups in total. The van der Waals surface area contributed by atoms with Gasteiger partial charge in [-0.3, -0.25) is 10.00 Å². The minimum absolute atomic E-state index is 0.510. The van der Waals surface area contributed by atoms with Gasteiger partial charge in [0, 0.05) is 24.7 Å². The van der Waals surface area contributed by atoms with Gasteiger partial charge >= 0.3 is 0 Å². The Kier molecular flexibility index (Phi) is 4.94. The van der Waals surface area contributed by atoms with E-state index in [1.165, 1.54) is 18.5 Å². The number of ether oxygens (including phenoxy) is 1. The molecule has 1 aliphatic rings. The number of aryl methyl sites for hydroxylation is 1. The maximum Gasteiger partial charge on any atom is 0.120 e. The van der Waals surface area contributed by atoms with Crippen molar-refractivity contribution in [2.75, 3.05) is 26.2 Å². The van der Waals surface area contributed by atoms with Crippen LogP contribution in [0.1, 0.15) is 35.7 Å². The molecule has 1 atom stereocenters. The lowest BCUT2D eigenvalue weighted by molar-refractivity contribution is 0.169. The lowest BCUT2D eigenvalue weighted by Crippen LogP contribution is -2.37. The largest absolute Gasteiger partial charge is 0.492 e. The van der Waals surface area contributed by atoms with Gasteiger partial charge in [-0.05, 0) is 50.6 Å². The number of benzene rings is 1. The number of piperidine rings is 1. The summed E-state index contributed by atoms with van der Waals surface area (Å²) in [5.41, 5.74) is 2.93. The molecule has 0 bridgehead atoms. The van der Waals surface area contributed by atoms with Gasteiger partial charge in [-0.1, -0.05) is 6.07 Å². The number of nitrogens with one attached hydrogen (secondary N) is 1. The summed E-state index contributed by atoms with van der Waals surface area (Å²) >= 11 is 0. The highest BCUT2D eigenvalue weighted by Crippen LogP contribution is 2.25. The quantitative estimate of drug-likeness (QED) is 0.922. The molecule has 0 unspecified atom stereocenters. The van der Waals surface area contributed by atoms with Crippen molar-refractivity contribution in [2.24, 2.45) is 0 Å². The molecule has 0 saturated carbocycles. The first-order chi connectivity index (χ1) is 11.2. The van der Waals surface area contributed by atoms with E-state index in [-0.39, 0.29) is 0 Å². The Bertz CT molecular complexity index is 688. The molecule has 3 rings (SSSR count). The van der Waals surface area contributed by atoms with Gasteiger partial charge in [-0.25, -0.2) is 0 Å². The molecular weight excluding hydrogens is 288 g/mol. The molecule has 1 saturated heterocycles. The average molecular weight is 310 g/mol. The minimum Gasteiger partial charge on any atom is -0.492 e. The molecule has 1 fully saturated rings. The second-order valence-corrected chi connectivity index (χ2v) is 6.10. The van der Waals surface area contributed by atoms with Gasteiger partial charge in [-0.15, -0.1) is 0 Å². The van der Waals surface area contributed by atoms with E-state index < -0.39 is 0 Å². The first-order valence-electron chi connectivity index (χ1n) is 8.12. The fourth-order valence-corrected chi connectivity index (χ4v) is 3.10. The van der Waals surface area contributed by atoms with Crippen molar-refractivity contribution in [3.8, 4) is 11.8 Å². The Morgan fingerprint density at radius 2 is 2.35 bits per heavy atom. The van der Waals surface area contributed by atoms with Crippen LogP contribution < -0.4 is 4.74 Å². The van der Waals surface area contributed by atoms with Crippen molar-refractivity contribution in [1.82, 2.24) is 15.1 Å². The van der Waals surface area contributed by atoms with Gasteiger partial charge in [0.1, 0.15) is 12.4 Å². The van der Waals surface area contributed by atoms with Crippen molar-refractivity contribution in [3.05, 3.63) is 47.3 Å². The van der Waals surface area contributed by atoms with E-state index in [1.54, 1.807) is 12.1 Å². The summed E-state index contributed by atoms with van der Waals surface area (Å²) < 4.78 is 5.78. The van der Waals surface area contributed by atoms with Crippen LogP contribution in [0.25, 0.3) is 0 Å². The third-order valence-corrected chi connectivity index (χ3v) is 4.29. The molecule has 2 aromatic rings. The number of H-pyrrole nitrogens is 1. The summed E-state index contributed by atoms with van der Waals surface area (Å²) in [5.74, 6) is 1.27. The van der Waals surface area contributed by atoms with Gasteiger partial charge in [0.15, 0.2) is 0 Å². The normalized spacial score (nSPS) is 18.5. The van der Waals surface area contributed by atoms with E-state index in [0.29, 0.717) is 18.1 Å². The van der Waals surface area contributed by atoms with Crippen LogP contribution in [0.15, 0.2) is 30.3 Å². The summed E-state index contributed by atoms with van der Waals surface area (Å²) in [7, 11) is 0. The van der Waals surface area contributed by atoms with E-state index in [2.05, 4.69) is 27.2 Å². The van der Waals surface area contributed by atoms with Crippen LogP contribution in [0.2, 0.25) is 0 Å². The lowest BCUT2D eigenvalue weighted by Gasteiger charge is -2.31. The van der Waals surface area contributed by atoms with Gasteiger partial charge in [0.25, 0.3) is 0 Å². The standard InChI is InChI=1S/C18H22N4O/c1-14-10-18(21-20-14)16-5-3-7-22(13-16)8-9-23-17-6-2-4-15(11-17)12-19/h2,4,6,10-11,16H,3,5,7-9,13H2,1H3,(H,20,21)/t16-/m0/s1. The predicted molar refractivity (Wildman–Crippen MR) is 88.4 cm³/mol. The topological polar surface area (TPSA) is 64.9 Å². The molecule has 1 aromatic heterocycles. The van der Waals surface area contributed by atoms with E-state index in [0.717, 1.165) is 31.1 Å². The second kappa shape index (κ2) is 7.30. The number of aromatic amines is 1. The van der Waals surface area contributed by atoms with Gasteiger partial charge in [0.2, 0.25) is 0 Å². The molecule has 5 heteroatoms. The summed E-state index contributed by atoms with van der Waals surface area (Å²) in [6.45, 7) is 5.73. The van der Waals surface area contributed by atoms with Crippen LogP contribution in [0, 0.1) is 18.3 Å². The van der Waals surface area contributed by atoms with Crippen LogP contribution in [0.4, 0.5) is 0 Å². The zero-order chi connectivity index (χ0) is 16.1. The average Bonchev–Trinajstić information content (AvgIpc) is 3.02. The molecule has 0 amide bonds. The lowest BCUT2D eigenvalue weighted by atomic mass is 9.95. The number of aromatic nitrogens is 2. The molecule has 2 heterocycles. The van der Waals surface area contributed by atoms with Crippen LogP contribution in [0.3, 0.4) is 0 Å². The number of hydrogen-bond donors (Lipinski definition) is 1. The van der Waals surface area contributed by atoms with Crippen LogP contribution in [-0.4, -0.2) is 41.3 Å². The Balaban J connectivity index is 1.49. The fraction of sp³-hybridized carbons (Fsp3) is 0.444. The number of hydrogen-bond acceptors (Lipinski definition) is 4. The number of nitrogens with zero attached hydrogens (tertiary/aromatic N) is 3. The van der Waals surface area contributed by atoms with Gasteiger partial charge in [0.05, 0.1) is 17.3 Å². The molecule has 0 aliphatic carbocycles. The van der Waals surface area contributed by atoms with E-state index in [1.807, 2.05) is 19.1 Å². The third kappa shape index (κ3) is 4.11. The molecule has 0 spiro atoms. The molecule has 5 nitrogen and oxygen atoms in total. The van der Waals surface area contributed by atoms with Gasteiger partial charge in [-0.2, -0.15) is 10.4 Å². The zero-order valence-electron chi connectivity index (χ0n) is 13.5. The SMILES string of the molecule is Cc1cc([C@H]2CCCN(CCOc3cccc(C#N)c3)C2)n[nH]1. The van der Waals surface area contributed by atoms with Crippen molar-refractivity contribution in [3.63, 3.8) is 0 Å². The van der Waals surface area contributed by atoms with Crippen LogP contribution in [-0.2, 0) is 0 Å². The third-order valence-electron chi connectivity index (χ3n) is 4.29. The van der Waals surface area contributed by atoms with E-state index in [4.69, 9.17) is 10.00 Å². The minimum atomic E-state index is 0.510. The summed E-state index contributed by atoms with van der Waals surface area (Å²) in [5, 5.41) is 16.4. The van der Waals surface area contributed by atoms with Crippen molar-refractivity contribution >= 4 is 0 Å². The molecular formula is C18H22N4O. The molecule has 23 heavy (non-hydrogen) atoms. The van der Waals surface area contributed by atoms with Crippen LogP contribution >= 0.6 is 0 Å². The fourth-order valence-electron chi connectivity index (χ4n) is 3.10. The highest BCUT2D eigenvalue weighted by Gasteiger charge is 2.22. The highest BCUT2D eigenvalue weighted by molar-refractivity contribution is 5.36. The molecule has 0 radical (unpaired) electrons. The Morgan fingerprint density at radius 1 is 1.43 bits per heavy atom. The maximum absolute atomic E-state index is 8.91. The second-order valence-electron chi connectivity index (χ2n) is 6.10. The Hall–Kier alpha value is -2.32. The summed E-state index contributed by atoms with van der Waals surface area (Å²) in [6, 6.07) is 11.6. The first kappa shape index (κ1) is 15.6. The van der Waals surface area contributed by atoms with E-state index in [9.17, 15) is 0 Å². The van der Waals surface area contributed by atoms with E-state index >= 15 is 0 Å². The van der Waals surface area contributed by atoms with Gasteiger partial charge < -0.3 is 4.74 Å². The monoisotopic (exact) mass is 310 g/mol. The molecule has 1 aromatic carbocycles. The smallest absolute Gasteiger partial charge is 0.120 e. The maximum atomic E-state index is 8.91. The number of likely N-dealkylation sites (tertiary alicyclic amines) is 1. The Morgan fingerprint density at radius 3 is 3.13 bits per heavy atom. The van der Waals surface area contributed by atoms with Crippen molar-refractivity contribution < 1.29 is 4.74 Å². The first-order valence-corrected chi connectivity index (χ1v) is 8.12. The number of nitriles is 1. The summed E-state index contributed by atoms with van der Waals surface area (Å²) in [6.07, 6.45) is 2.40. The summed E-state index contributed by atoms with van der Waals surface area (Å²) in [4.78, 5) is 2.44. The molecule has 120 valence electrons. The highest BCUT2D eigenvalue weighted by atomic mass is 16.5.